The lowest BCUT2D eigenvalue weighted by Gasteiger charge is -2.10. The number of carbonyl (C=O) groups excluding carboxylic acids is 2. The van der Waals surface area contributed by atoms with Crippen molar-refractivity contribution >= 4 is 39.3 Å². The monoisotopic (exact) mass is 373 g/mol. The van der Waals surface area contributed by atoms with Crippen LogP contribution in [-0.4, -0.2) is 27.3 Å². The Kier molecular flexibility index (Phi) is 6.13. The molecule has 0 unspecified atom stereocenters. The van der Waals surface area contributed by atoms with E-state index < -0.39 is 10.0 Å². The Balaban J connectivity index is 2.16. The van der Waals surface area contributed by atoms with Gasteiger partial charge in [-0.3, -0.25) is 14.3 Å². The summed E-state index contributed by atoms with van der Waals surface area (Å²) < 4.78 is 27.4. The lowest BCUT2D eigenvalue weighted by atomic mass is 10.2. The number of anilines is 2. The van der Waals surface area contributed by atoms with Gasteiger partial charge in [-0.1, -0.05) is 18.2 Å². The molecule has 0 aliphatic heterocycles. The number of nitrogens with one attached hydrogen (secondary N) is 3. The van der Waals surface area contributed by atoms with E-state index in [1.165, 1.54) is 38.2 Å². The molecule has 0 aliphatic carbocycles. The summed E-state index contributed by atoms with van der Waals surface area (Å²) in [5, 5.41) is 5.05. The van der Waals surface area contributed by atoms with Gasteiger partial charge in [-0.15, -0.1) is 0 Å². The zero-order chi connectivity index (χ0) is 19.2. The number of rotatable bonds is 6. The molecule has 0 saturated carbocycles. The van der Waals surface area contributed by atoms with Crippen LogP contribution in [-0.2, 0) is 19.6 Å². The van der Waals surface area contributed by atoms with E-state index in [9.17, 15) is 18.0 Å². The molecule has 7 nitrogen and oxygen atoms in total. The summed E-state index contributed by atoms with van der Waals surface area (Å²) in [6, 6.07) is 12.5. The summed E-state index contributed by atoms with van der Waals surface area (Å²) in [5.74, 6) is -0.493. The van der Waals surface area contributed by atoms with Crippen molar-refractivity contribution in [2.45, 2.75) is 11.8 Å². The number of benzene rings is 2. The molecule has 26 heavy (non-hydrogen) atoms. The van der Waals surface area contributed by atoms with Crippen LogP contribution in [0.3, 0.4) is 0 Å². The second-order valence-corrected chi connectivity index (χ2v) is 7.07. The molecule has 0 radical (unpaired) electrons. The molecule has 3 N–H and O–H groups in total. The maximum atomic E-state index is 12.5. The lowest BCUT2D eigenvalue weighted by Crippen LogP contribution is -2.14. The molecule has 0 aliphatic rings. The molecule has 2 amide bonds. The van der Waals surface area contributed by atoms with Crippen LogP contribution in [0.25, 0.3) is 6.08 Å². The average Bonchev–Trinajstić information content (AvgIpc) is 2.59. The first-order valence-electron chi connectivity index (χ1n) is 7.70. The molecule has 0 fully saturated rings. The molecule has 0 atom stereocenters. The van der Waals surface area contributed by atoms with Crippen molar-refractivity contribution in [1.82, 2.24) is 5.32 Å². The van der Waals surface area contributed by atoms with Gasteiger partial charge >= 0.3 is 0 Å². The Labute approximate surface area is 152 Å². The summed E-state index contributed by atoms with van der Waals surface area (Å²) in [5.41, 5.74) is 1.52. The number of carbonyl (C=O) groups is 2. The highest BCUT2D eigenvalue weighted by Gasteiger charge is 2.14. The van der Waals surface area contributed by atoms with Gasteiger partial charge in [-0.05, 0) is 42.0 Å². The SMILES string of the molecule is CNC(=O)/C=C/c1ccc(S(=O)(=O)Nc2cccc(NC(C)=O)c2)cc1. The molecule has 0 heterocycles. The van der Waals surface area contributed by atoms with Crippen molar-refractivity contribution in [2.75, 3.05) is 17.1 Å². The summed E-state index contributed by atoms with van der Waals surface area (Å²) >= 11 is 0. The third kappa shape index (κ3) is 5.45. The van der Waals surface area contributed by atoms with Crippen molar-refractivity contribution in [3.05, 3.63) is 60.2 Å². The summed E-state index contributed by atoms with van der Waals surface area (Å²) in [4.78, 5) is 22.4. The molecule has 2 rings (SSSR count). The maximum absolute atomic E-state index is 12.5. The van der Waals surface area contributed by atoms with E-state index in [0.29, 0.717) is 16.9 Å². The van der Waals surface area contributed by atoms with Crippen molar-refractivity contribution in [3.63, 3.8) is 0 Å². The molecule has 136 valence electrons. The van der Waals surface area contributed by atoms with Gasteiger partial charge in [0.25, 0.3) is 10.0 Å². The lowest BCUT2D eigenvalue weighted by molar-refractivity contribution is -0.116. The molecule has 0 spiro atoms. The van der Waals surface area contributed by atoms with E-state index in [2.05, 4.69) is 15.4 Å². The van der Waals surface area contributed by atoms with Crippen LogP contribution in [0.15, 0.2) is 59.5 Å². The molecular weight excluding hydrogens is 354 g/mol. The zero-order valence-corrected chi connectivity index (χ0v) is 15.1. The minimum absolute atomic E-state index is 0.0829. The molecule has 0 saturated heterocycles. The fraction of sp³-hybridized carbons (Fsp3) is 0.111. The first-order chi connectivity index (χ1) is 12.3. The van der Waals surface area contributed by atoms with Gasteiger partial charge < -0.3 is 10.6 Å². The maximum Gasteiger partial charge on any atom is 0.261 e. The Hall–Kier alpha value is -3.13. The third-order valence-electron chi connectivity index (χ3n) is 3.30. The van der Waals surface area contributed by atoms with E-state index in [0.717, 1.165) is 0 Å². The van der Waals surface area contributed by atoms with Gasteiger partial charge in [0.1, 0.15) is 0 Å². The smallest absolute Gasteiger partial charge is 0.261 e. The fourth-order valence-corrected chi connectivity index (χ4v) is 3.14. The summed E-state index contributed by atoms with van der Waals surface area (Å²) in [7, 11) is -2.25. The first kappa shape index (κ1) is 19.2. The Morgan fingerprint density at radius 3 is 2.27 bits per heavy atom. The largest absolute Gasteiger partial charge is 0.356 e. The Bertz CT molecular complexity index is 935. The van der Waals surface area contributed by atoms with Crippen LogP contribution in [0.2, 0.25) is 0 Å². The molecule has 0 aromatic heterocycles. The molecule has 2 aromatic rings. The van der Waals surface area contributed by atoms with Gasteiger partial charge in [0.15, 0.2) is 0 Å². The second kappa shape index (κ2) is 8.30. The van der Waals surface area contributed by atoms with Crippen molar-refractivity contribution in [2.24, 2.45) is 0 Å². The normalized spacial score (nSPS) is 11.2. The number of sulfonamides is 1. The van der Waals surface area contributed by atoms with Crippen molar-refractivity contribution in [1.29, 1.82) is 0 Å². The number of hydrogen-bond acceptors (Lipinski definition) is 4. The topological polar surface area (TPSA) is 104 Å². The van der Waals surface area contributed by atoms with E-state index in [4.69, 9.17) is 0 Å². The van der Waals surface area contributed by atoms with Crippen LogP contribution in [0.4, 0.5) is 11.4 Å². The fourth-order valence-electron chi connectivity index (χ4n) is 2.09. The van der Waals surface area contributed by atoms with Gasteiger partial charge in [0, 0.05) is 25.7 Å². The predicted molar refractivity (Wildman–Crippen MR) is 101 cm³/mol. The minimum atomic E-state index is -3.78. The van der Waals surface area contributed by atoms with Crippen molar-refractivity contribution in [3.8, 4) is 0 Å². The van der Waals surface area contributed by atoms with Gasteiger partial charge in [-0.25, -0.2) is 8.42 Å². The standard InChI is InChI=1S/C18H19N3O4S/c1-13(22)20-15-4-3-5-16(12-15)21-26(24,25)17-9-6-14(7-10-17)8-11-18(23)19-2/h3-12,21H,1-2H3,(H,19,23)(H,20,22)/b11-8+. The number of amides is 2. The Morgan fingerprint density at radius 1 is 1.00 bits per heavy atom. The highest BCUT2D eigenvalue weighted by Crippen LogP contribution is 2.20. The van der Waals surface area contributed by atoms with Gasteiger partial charge in [0.2, 0.25) is 11.8 Å². The van der Waals surface area contributed by atoms with Gasteiger partial charge in [0.05, 0.1) is 10.6 Å². The van der Waals surface area contributed by atoms with Crippen LogP contribution in [0.1, 0.15) is 12.5 Å². The van der Waals surface area contributed by atoms with Crippen LogP contribution >= 0.6 is 0 Å². The molecule has 0 bridgehead atoms. The van der Waals surface area contributed by atoms with Crippen LogP contribution in [0.5, 0.6) is 0 Å². The third-order valence-corrected chi connectivity index (χ3v) is 4.70. The summed E-state index contributed by atoms with van der Waals surface area (Å²) in [6.45, 7) is 1.37. The molecular formula is C18H19N3O4S. The predicted octanol–water partition coefficient (Wildman–Crippen LogP) is 2.21. The van der Waals surface area contributed by atoms with E-state index in [-0.39, 0.29) is 16.7 Å². The molecule has 2 aromatic carbocycles. The minimum Gasteiger partial charge on any atom is -0.356 e. The van der Waals surface area contributed by atoms with Gasteiger partial charge in [-0.2, -0.15) is 0 Å². The first-order valence-corrected chi connectivity index (χ1v) is 9.19. The average molecular weight is 373 g/mol. The van der Waals surface area contributed by atoms with Crippen molar-refractivity contribution < 1.29 is 18.0 Å². The Morgan fingerprint density at radius 2 is 1.65 bits per heavy atom. The second-order valence-electron chi connectivity index (χ2n) is 5.38. The number of likely N-dealkylation sites (N-methyl/N-ethyl adjacent to an activating group) is 1. The van der Waals surface area contributed by atoms with E-state index in [1.54, 1.807) is 36.4 Å². The van der Waals surface area contributed by atoms with Crippen LogP contribution < -0.4 is 15.4 Å². The highest BCUT2D eigenvalue weighted by atomic mass is 32.2. The van der Waals surface area contributed by atoms with E-state index >= 15 is 0 Å². The van der Waals surface area contributed by atoms with E-state index in [1.807, 2.05) is 0 Å². The van der Waals surface area contributed by atoms with Crippen LogP contribution in [0, 0.1) is 0 Å². The number of hydrogen-bond donors (Lipinski definition) is 3. The highest BCUT2D eigenvalue weighted by molar-refractivity contribution is 7.92. The zero-order valence-electron chi connectivity index (χ0n) is 14.3. The molecule has 8 heteroatoms. The quantitative estimate of drug-likeness (QED) is 0.675. The summed E-state index contributed by atoms with van der Waals surface area (Å²) in [6.07, 6.45) is 2.94.